The van der Waals surface area contributed by atoms with Crippen LogP contribution in [0.5, 0.6) is 0 Å². The van der Waals surface area contributed by atoms with Gasteiger partial charge >= 0.3 is 0 Å². The Morgan fingerprint density at radius 1 is 1.20 bits per heavy atom. The highest BCUT2D eigenvalue weighted by Crippen LogP contribution is 2.40. The molecule has 3 aromatic rings. The molecule has 2 heterocycles. The molecule has 4 rings (SSSR count). The summed E-state index contributed by atoms with van der Waals surface area (Å²) in [4.78, 5) is 4.43. The fourth-order valence-corrected chi connectivity index (χ4v) is 4.16. The summed E-state index contributed by atoms with van der Waals surface area (Å²) in [6, 6.07) is 14.8. The number of rotatable bonds is 7. The van der Waals surface area contributed by atoms with Gasteiger partial charge in [-0.15, -0.1) is 0 Å². The third-order valence-electron chi connectivity index (χ3n) is 5.79. The number of halogens is 1. The van der Waals surface area contributed by atoms with E-state index in [0.717, 1.165) is 23.5 Å². The number of methoxy groups -OCH3 is 1. The minimum absolute atomic E-state index is 0.274. The number of aryl methyl sites for hydroxylation is 1. The Labute approximate surface area is 176 Å². The van der Waals surface area contributed by atoms with Crippen LogP contribution in [0, 0.1) is 5.82 Å². The molecule has 30 heavy (non-hydrogen) atoms. The lowest BCUT2D eigenvalue weighted by atomic mass is 9.86. The van der Waals surface area contributed by atoms with Crippen molar-refractivity contribution in [2.75, 3.05) is 20.3 Å². The van der Waals surface area contributed by atoms with E-state index in [4.69, 9.17) is 14.2 Å². The molecule has 2 aromatic carbocycles. The molecule has 1 saturated heterocycles. The van der Waals surface area contributed by atoms with Crippen molar-refractivity contribution in [1.29, 1.82) is 0 Å². The first-order valence-corrected chi connectivity index (χ1v) is 10.3. The highest BCUT2D eigenvalue weighted by Gasteiger charge is 2.45. The van der Waals surface area contributed by atoms with Crippen LogP contribution >= 0.6 is 0 Å². The predicted octanol–water partition coefficient (Wildman–Crippen LogP) is 4.64. The molecule has 0 amide bonds. The average Bonchev–Trinajstić information content (AvgIpc) is 3.27. The predicted molar refractivity (Wildman–Crippen MR) is 112 cm³/mol. The van der Waals surface area contributed by atoms with E-state index in [1.165, 1.54) is 6.07 Å². The van der Waals surface area contributed by atoms with Crippen molar-refractivity contribution >= 4 is 0 Å². The monoisotopic (exact) mass is 410 g/mol. The van der Waals surface area contributed by atoms with Crippen LogP contribution in [0.15, 0.2) is 60.9 Å². The maximum Gasteiger partial charge on any atom is 0.179 e. The summed E-state index contributed by atoms with van der Waals surface area (Å²) < 4.78 is 34.7. The minimum Gasteiger partial charge on any atom is -0.380 e. The number of imidazole rings is 1. The highest BCUT2D eigenvalue weighted by atomic mass is 19.1. The third-order valence-corrected chi connectivity index (χ3v) is 5.79. The van der Waals surface area contributed by atoms with E-state index in [1.807, 2.05) is 30.5 Å². The lowest BCUT2D eigenvalue weighted by molar-refractivity contribution is -0.274. The van der Waals surface area contributed by atoms with Crippen LogP contribution in [0.4, 0.5) is 4.39 Å². The standard InChI is InChI=1S/C24H27FN2O3/c1-3-23-26-13-14-27(23)22-11-7-4-8-18(22)16-30-24(28-2)12-15-29-17-20(24)19-9-5-6-10-21(19)25/h4-11,13-14,20H,3,12,15-17H2,1-2H3. The van der Waals surface area contributed by atoms with Gasteiger partial charge in [0.2, 0.25) is 0 Å². The van der Waals surface area contributed by atoms with Crippen molar-refractivity contribution in [2.24, 2.45) is 0 Å². The van der Waals surface area contributed by atoms with Gasteiger partial charge in [0, 0.05) is 37.9 Å². The Morgan fingerprint density at radius 2 is 2.00 bits per heavy atom. The fraction of sp³-hybridized carbons (Fsp3) is 0.375. The second-order valence-corrected chi connectivity index (χ2v) is 7.40. The van der Waals surface area contributed by atoms with E-state index >= 15 is 0 Å². The molecule has 5 nitrogen and oxygen atoms in total. The summed E-state index contributed by atoms with van der Waals surface area (Å²) in [5, 5.41) is 0. The zero-order valence-electron chi connectivity index (χ0n) is 17.4. The van der Waals surface area contributed by atoms with Gasteiger partial charge in [0.1, 0.15) is 11.6 Å². The second kappa shape index (κ2) is 9.08. The second-order valence-electron chi connectivity index (χ2n) is 7.40. The molecule has 0 N–H and O–H groups in total. The molecular formula is C24H27FN2O3. The first-order chi connectivity index (χ1) is 14.7. The van der Waals surface area contributed by atoms with E-state index < -0.39 is 5.79 Å². The molecular weight excluding hydrogens is 383 g/mol. The number of ether oxygens (including phenoxy) is 3. The molecule has 1 aliphatic rings. The summed E-state index contributed by atoms with van der Waals surface area (Å²) in [6.07, 6.45) is 5.12. The molecule has 0 saturated carbocycles. The zero-order chi connectivity index (χ0) is 21.0. The summed E-state index contributed by atoms with van der Waals surface area (Å²) in [5.41, 5.74) is 2.59. The van der Waals surface area contributed by atoms with E-state index in [9.17, 15) is 4.39 Å². The summed E-state index contributed by atoms with van der Waals surface area (Å²) in [5.74, 6) is -0.608. The van der Waals surface area contributed by atoms with Crippen LogP contribution in [0.25, 0.3) is 5.69 Å². The first-order valence-electron chi connectivity index (χ1n) is 10.3. The number of nitrogens with zero attached hydrogens (tertiary/aromatic N) is 2. The molecule has 0 bridgehead atoms. The zero-order valence-corrected chi connectivity index (χ0v) is 17.4. The van der Waals surface area contributed by atoms with E-state index in [-0.39, 0.29) is 11.7 Å². The van der Waals surface area contributed by atoms with Gasteiger partial charge in [-0.1, -0.05) is 43.3 Å². The molecule has 1 aliphatic heterocycles. The molecule has 2 unspecified atom stereocenters. The smallest absolute Gasteiger partial charge is 0.179 e. The Balaban J connectivity index is 1.64. The van der Waals surface area contributed by atoms with Crippen molar-refractivity contribution in [3.8, 4) is 5.69 Å². The molecule has 1 fully saturated rings. The van der Waals surface area contributed by atoms with Gasteiger partial charge in [-0.05, 0) is 17.7 Å². The minimum atomic E-state index is -0.962. The van der Waals surface area contributed by atoms with Crippen molar-refractivity contribution in [3.05, 3.63) is 83.7 Å². The summed E-state index contributed by atoms with van der Waals surface area (Å²) in [6.45, 7) is 3.26. The van der Waals surface area contributed by atoms with Gasteiger partial charge < -0.3 is 18.8 Å². The van der Waals surface area contributed by atoms with Crippen molar-refractivity contribution < 1.29 is 18.6 Å². The average molecular weight is 410 g/mol. The van der Waals surface area contributed by atoms with Crippen molar-refractivity contribution in [2.45, 2.75) is 38.1 Å². The van der Waals surface area contributed by atoms with Gasteiger partial charge in [0.05, 0.1) is 31.4 Å². The number of benzene rings is 2. The largest absolute Gasteiger partial charge is 0.380 e. The Kier molecular flexibility index (Phi) is 6.27. The summed E-state index contributed by atoms with van der Waals surface area (Å²) in [7, 11) is 1.62. The summed E-state index contributed by atoms with van der Waals surface area (Å²) >= 11 is 0. The lowest BCUT2D eigenvalue weighted by Gasteiger charge is -2.42. The van der Waals surface area contributed by atoms with Gasteiger partial charge in [-0.25, -0.2) is 9.37 Å². The molecule has 1 aromatic heterocycles. The number of aromatic nitrogens is 2. The maximum absolute atomic E-state index is 14.6. The molecule has 0 spiro atoms. The number of hydrogen-bond acceptors (Lipinski definition) is 4. The first kappa shape index (κ1) is 20.7. The Bertz CT molecular complexity index is 990. The SMILES string of the molecule is CCc1nccn1-c1ccccc1COC1(OC)CCOCC1c1ccccc1F. The van der Waals surface area contributed by atoms with Crippen molar-refractivity contribution in [1.82, 2.24) is 9.55 Å². The molecule has 0 aliphatic carbocycles. The lowest BCUT2D eigenvalue weighted by Crippen LogP contribution is -2.48. The number of hydrogen-bond donors (Lipinski definition) is 0. The van der Waals surface area contributed by atoms with E-state index in [1.54, 1.807) is 25.4 Å². The number of para-hydroxylation sites is 1. The Morgan fingerprint density at radius 3 is 2.80 bits per heavy atom. The highest BCUT2D eigenvalue weighted by molar-refractivity contribution is 5.41. The maximum atomic E-state index is 14.6. The molecule has 6 heteroatoms. The fourth-order valence-electron chi connectivity index (χ4n) is 4.16. The van der Waals surface area contributed by atoms with Crippen LogP contribution in [-0.4, -0.2) is 35.7 Å². The van der Waals surface area contributed by atoms with Crippen LogP contribution in [0.1, 0.15) is 36.2 Å². The van der Waals surface area contributed by atoms with Crippen LogP contribution in [0.2, 0.25) is 0 Å². The normalized spacial score (nSPS) is 21.6. The quantitative estimate of drug-likeness (QED) is 0.533. The van der Waals surface area contributed by atoms with Gasteiger partial charge in [-0.2, -0.15) is 0 Å². The third kappa shape index (κ3) is 3.90. The molecule has 0 radical (unpaired) electrons. The molecule has 158 valence electrons. The van der Waals surface area contributed by atoms with Gasteiger partial charge in [-0.3, -0.25) is 0 Å². The van der Waals surface area contributed by atoms with Crippen LogP contribution < -0.4 is 0 Å². The van der Waals surface area contributed by atoms with Crippen LogP contribution in [-0.2, 0) is 27.2 Å². The molecule has 2 atom stereocenters. The van der Waals surface area contributed by atoms with Crippen molar-refractivity contribution in [3.63, 3.8) is 0 Å². The van der Waals surface area contributed by atoms with Crippen LogP contribution in [0.3, 0.4) is 0 Å². The van der Waals surface area contributed by atoms with E-state index in [0.29, 0.717) is 31.8 Å². The van der Waals surface area contributed by atoms with E-state index in [2.05, 4.69) is 22.5 Å². The van der Waals surface area contributed by atoms with Gasteiger partial charge in [0.25, 0.3) is 0 Å². The topological polar surface area (TPSA) is 45.5 Å². The van der Waals surface area contributed by atoms with Gasteiger partial charge in [0.15, 0.2) is 5.79 Å². The Hall–Kier alpha value is -2.54.